The summed E-state index contributed by atoms with van der Waals surface area (Å²) in [6.45, 7) is -0.0259. The van der Waals surface area contributed by atoms with E-state index in [1.165, 1.54) is 23.6 Å². The Morgan fingerprint density at radius 1 is 1.36 bits per heavy atom. The Hall–Kier alpha value is -3.43. The molecule has 3 aromatic rings. The van der Waals surface area contributed by atoms with Gasteiger partial charge in [-0.3, -0.25) is 14.3 Å². The van der Waals surface area contributed by atoms with Crippen molar-refractivity contribution >= 4 is 6.21 Å². The van der Waals surface area contributed by atoms with Crippen LogP contribution in [0.1, 0.15) is 11.3 Å². The molecule has 0 atom stereocenters. The van der Waals surface area contributed by atoms with Gasteiger partial charge in [0.25, 0.3) is 5.56 Å². The van der Waals surface area contributed by atoms with Crippen LogP contribution in [0.3, 0.4) is 0 Å². The molecule has 0 aliphatic heterocycles. The maximum atomic E-state index is 11.8. The molecule has 0 saturated heterocycles. The topological polar surface area (TPSA) is 131 Å². The number of hydrogen-bond acceptors (Lipinski definition) is 7. The molecule has 10 nitrogen and oxygen atoms in total. The van der Waals surface area contributed by atoms with Gasteiger partial charge in [0.2, 0.25) is 5.88 Å². The third kappa shape index (κ3) is 2.57. The molecule has 0 aliphatic carbocycles. The number of H-pyrrole nitrogens is 1. The molecule has 0 unspecified atom stereocenters. The van der Waals surface area contributed by atoms with Crippen molar-refractivity contribution in [1.82, 2.24) is 24.4 Å². The molecule has 3 aromatic heterocycles. The van der Waals surface area contributed by atoms with Gasteiger partial charge in [-0.05, 0) is 12.1 Å². The molecule has 3 rings (SSSR count). The number of aromatic hydroxyl groups is 1. The lowest BCUT2D eigenvalue weighted by atomic mass is 10.3. The average Bonchev–Trinajstić information content (AvgIpc) is 3.16. The van der Waals surface area contributed by atoms with Gasteiger partial charge < -0.3 is 9.52 Å². The van der Waals surface area contributed by atoms with Crippen molar-refractivity contribution in [2.75, 3.05) is 0 Å². The van der Waals surface area contributed by atoms with Crippen LogP contribution in [-0.2, 0) is 6.54 Å². The molecular formula is C12H10N6O4. The van der Waals surface area contributed by atoms with Gasteiger partial charge in [-0.1, -0.05) is 0 Å². The minimum atomic E-state index is -0.755. The summed E-state index contributed by atoms with van der Waals surface area (Å²) in [5.41, 5.74) is -1.67. The summed E-state index contributed by atoms with van der Waals surface area (Å²) in [5, 5.41) is 21.1. The Morgan fingerprint density at radius 2 is 2.14 bits per heavy atom. The van der Waals surface area contributed by atoms with Gasteiger partial charge in [0.15, 0.2) is 0 Å². The highest BCUT2D eigenvalue weighted by Crippen LogP contribution is 2.11. The molecule has 0 saturated carbocycles. The highest BCUT2D eigenvalue weighted by molar-refractivity contribution is 5.81. The summed E-state index contributed by atoms with van der Waals surface area (Å²) >= 11 is 0. The number of aromatic nitrogens is 5. The zero-order valence-electron chi connectivity index (χ0n) is 11.1. The Balaban J connectivity index is 2.03. The molecule has 0 aromatic carbocycles. The van der Waals surface area contributed by atoms with Crippen molar-refractivity contribution < 1.29 is 9.52 Å². The largest absolute Gasteiger partial charge is 0.494 e. The van der Waals surface area contributed by atoms with Gasteiger partial charge in [0.05, 0.1) is 19.0 Å². The highest BCUT2D eigenvalue weighted by atomic mass is 16.3. The maximum Gasteiger partial charge on any atom is 0.331 e. The summed E-state index contributed by atoms with van der Waals surface area (Å²) in [7, 11) is 0. The Bertz CT molecular complexity index is 904. The fraction of sp³-hybridized carbons (Fsp3) is 0.0833. The molecule has 0 bridgehead atoms. The standard InChI is InChI=1S/C12H10N6O4/c19-10-9(4-15-17-6-13-14-7-17)11(20)18(12(21)16-10)5-8-2-1-3-22-8/h1-4,6-7,20H,5H2,(H,16,19,21). The van der Waals surface area contributed by atoms with E-state index in [9.17, 15) is 14.7 Å². The van der Waals surface area contributed by atoms with Crippen LogP contribution >= 0.6 is 0 Å². The van der Waals surface area contributed by atoms with Crippen LogP contribution in [0.25, 0.3) is 0 Å². The summed E-state index contributed by atoms with van der Waals surface area (Å²) in [5.74, 6) is -0.0619. The van der Waals surface area contributed by atoms with E-state index in [1.54, 1.807) is 12.1 Å². The zero-order valence-corrected chi connectivity index (χ0v) is 11.1. The quantitative estimate of drug-likeness (QED) is 0.616. The SMILES string of the molecule is O=c1[nH]c(=O)n(Cc2ccco2)c(O)c1C=Nn1cnnc1. The lowest BCUT2D eigenvalue weighted by Gasteiger charge is -2.07. The predicted octanol–water partition coefficient (Wildman–Crippen LogP) is -0.643. The number of rotatable bonds is 4. The van der Waals surface area contributed by atoms with Crippen molar-refractivity contribution in [3.8, 4) is 5.88 Å². The van der Waals surface area contributed by atoms with Gasteiger partial charge >= 0.3 is 5.69 Å². The maximum absolute atomic E-state index is 11.8. The van der Waals surface area contributed by atoms with E-state index in [0.717, 1.165) is 10.8 Å². The van der Waals surface area contributed by atoms with E-state index in [-0.39, 0.29) is 12.1 Å². The van der Waals surface area contributed by atoms with Crippen LogP contribution in [-0.4, -0.2) is 35.7 Å². The first-order valence-electron chi connectivity index (χ1n) is 6.12. The zero-order chi connectivity index (χ0) is 15.5. The van der Waals surface area contributed by atoms with E-state index in [4.69, 9.17) is 4.42 Å². The predicted molar refractivity (Wildman–Crippen MR) is 73.8 cm³/mol. The second-order valence-electron chi connectivity index (χ2n) is 4.25. The second kappa shape index (κ2) is 5.52. The van der Waals surface area contributed by atoms with Crippen molar-refractivity contribution in [3.63, 3.8) is 0 Å². The fourth-order valence-electron chi connectivity index (χ4n) is 1.78. The first-order valence-corrected chi connectivity index (χ1v) is 6.12. The number of nitrogens with one attached hydrogen (secondary N) is 1. The van der Waals surface area contributed by atoms with Crippen molar-refractivity contribution in [3.05, 3.63) is 63.2 Å². The Labute approximate surface area is 122 Å². The van der Waals surface area contributed by atoms with Gasteiger partial charge in [0.1, 0.15) is 24.0 Å². The number of nitrogens with zero attached hydrogens (tertiary/aromatic N) is 5. The van der Waals surface area contributed by atoms with E-state index in [0.29, 0.717) is 5.76 Å². The molecule has 112 valence electrons. The summed E-state index contributed by atoms with van der Waals surface area (Å²) < 4.78 is 7.32. The molecule has 22 heavy (non-hydrogen) atoms. The molecule has 0 fully saturated rings. The van der Waals surface area contributed by atoms with Gasteiger partial charge in [-0.25, -0.2) is 9.47 Å². The lowest BCUT2D eigenvalue weighted by molar-refractivity contribution is 0.392. The first-order chi connectivity index (χ1) is 10.6. The smallest absolute Gasteiger partial charge is 0.331 e. The Kier molecular flexibility index (Phi) is 3.40. The van der Waals surface area contributed by atoms with Crippen LogP contribution < -0.4 is 11.2 Å². The van der Waals surface area contributed by atoms with Crippen LogP contribution in [0.15, 0.2) is 50.2 Å². The van der Waals surface area contributed by atoms with E-state index in [1.807, 2.05) is 0 Å². The third-order valence-corrected chi connectivity index (χ3v) is 2.83. The Morgan fingerprint density at radius 3 is 2.82 bits per heavy atom. The van der Waals surface area contributed by atoms with Crippen molar-refractivity contribution in [1.29, 1.82) is 0 Å². The normalized spacial score (nSPS) is 11.3. The van der Waals surface area contributed by atoms with Gasteiger partial charge in [-0.15, -0.1) is 10.2 Å². The molecule has 0 amide bonds. The fourth-order valence-corrected chi connectivity index (χ4v) is 1.78. The van der Waals surface area contributed by atoms with E-state index in [2.05, 4.69) is 20.3 Å². The minimum absolute atomic E-state index is 0.0259. The minimum Gasteiger partial charge on any atom is -0.494 e. The van der Waals surface area contributed by atoms with Gasteiger partial charge in [0, 0.05) is 0 Å². The second-order valence-corrected chi connectivity index (χ2v) is 4.25. The summed E-state index contributed by atoms with van der Waals surface area (Å²) in [6, 6.07) is 3.29. The number of aromatic amines is 1. The summed E-state index contributed by atoms with van der Waals surface area (Å²) in [4.78, 5) is 25.7. The third-order valence-electron chi connectivity index (χ3n) is 2.83. The number of furan rings is 1. The molecule has 0 radical (unpaired) electrons. The average molecular weight is 302 g/mol. The van der Waals surface area contributed by atoms with E-state index >= 15 is 0 Å². The molecule has 0 spiro atoms. The lowest BCUT2D eigenvalue weighted by Crippen LogP contribution is -2.32. The summed E-state index contributed by atoms with van der Waals surface area (Å²) in [6.07, 6.45) is 5.16. The van der Waals surface area contributed by atoms with Crippen LogP contribution in [0.4, 0.5) is 0 Å². The van der Waals surface area contributed by atoms with Gasteiger partial charge in [-0.2, -0.15) is 5.10 Å². The highest BCUT2D eigenvalue weighted by Gasteiger charge is 2.13. The molecular weight excluding hydrogens is 292 g/mol. The number of hydrogen-bond donors (Lipinski definition) is 2. The monoisotopic (exact) mass is 302 g/mol. The van der Waals surface area contributed by atoms with Crippen molar-refractivity contribution in [2.24, 2.45) is 5.10 Å². The van der Waals surface area contributed by atoms with Crippen LogP contribution in [0, 0.1) is 0 Å². The van der Waals surface area contributed by atoms with E-state index < -0.39 is 17.1 Å². The van der Waals surface area contributed by atoms with Crippen molar-refractivity contribution in [2.45, 2.75) is 6.54 Å². The molecule has 10 heteroatoms. The molecule has 0 aliphatic rings. The molecule has 3 heterocycles. The van der Waals surface area contributed by atoms with Crippen LogP contribution in [0.5, 0.6) is 5.88 Å². The van der Waals surface area contributed by atoms with Crippen LogP contribution in [0.2, 0.25) is 0 Å². The molecule has 2 N–H and O–H groups in total. The first kappa shape index (κ1) is 13.5.